The smallest absolute Gasteiger partial charge is 0.0438 e. The Kier molecular flexibility index (Phi) is 4.25. The van der Waals surface area contributed by atoms with Crippen LogP contribution >= 0.6 is 11.6 Å². The van der Waals surface area contributed by atoms with Crippen LogP contribution in [0.15, 0.2) is 24.3 Å². The van der Waals surface area contributed by atoms with E-state index in [0.29, 0.717) is 6.04 Å². The van der Waals surface area contributed by atoms with Gasteiger partial charge >= 0.3 is 0 Å². The molecule has 88 valence electrons. The number of hydrogen-bond acceptors (Lipinski definition) is 1. The summed E-state index contributed by atoms with van der Waals surface area (Å²) >= 11 is 6.21. The first-order valence-corrected chi connectivity index (χ1v) is 6.66. The summed E-state index contributed by atoms with van der Waals surface area (Å²) in [6.45, 7) is 3.26. The van der Waals surface area contributed by atoms with Crippen LogP contribution in [-0.2, 0) is 6.42 Å². The molecule has 0 bridgehead atoms. The van der Waals surface area contributed by atoms with Crippen LogP contribution in [0.2, 0.25) is 5.02 Å². The van der Waals surface area contributed by atoms with Crippen LogP contribution in [0.4, 0.5) is 0 Å². The van der Waals surface area contributed by atoms with Crippen molar-refractivity contribution in [2.24, 2.45) is 5.92 Å². The molecule has 16 heavy (non-hydrogen) atoms. The molecule has 0 amide bonds. The molecule has 0 spiro atoms. The number of hydrogen-bond donors (Lipinski definition) is 1. The zero-order valence-electron chi connectivity index (χ0n) is 9.88. The monoisotopic (exact) mass is 237 g/mol. The second kappa shape index (κ2) is 5.70. The molecule has 2 unspecified atom stereocenters. The molecular formula is C14H20ClN. The average Bonchev–Trinajstić information content (AvgIpc) is 2.70. The molecule has 2 atom stereocenters. The summed E-state index contributed by atoms with van der Waals surface area (Å²) < 4.78 is 0. The maximum Gasteiger partial charge on any atom is 0.0438 e. The maximum absolute atomic E-state index is 6.21. The lowest BCUT2D eigenvalue weighted by Crippen LogP contribution is -2.33. The largest absolute Gasteiger partial charge is 0.314 e. The lowest BCUT2D eigenvalue weighted by atomic mass is 9.94. The Morgan fingerprint density at radius 1 is 1.31 bits per heavy atom. The van der Waals surface area contributed by atoms with Crippen molar-refractivity contribution in [3.8, 4) is 0 Å². The van der Waals surface area contributed by atoms with Crippen molar-refractivity contribution < 1.29 is 0 Å². The summed E-state index contributed by atoms with van der Waals surface area (Å²) in [6, 6.07) is 8.93. The second-order valence-electron chi connectivity index (χ2n) is 4.65. The molecule has 1 N–H and O–H groups in total. The Hall–Kier alpha value is -0.530. The van der Waals surface area contributed by atoms with Gasteiger partial charge in [-0.25, -0.2) is 0 Å². The summed E-state index contributed by atoms with van der Waals surface area (Å²) in [5, 5.41) is 4.51. The molecule has 0 heterocycles. The van der Waals surface area contributed by atoms with E-state index in [2.05, 4.69) is 24.4 Å². The van der Waals surface area contributed by atoms with Gasteiger partial charge in [-0.2, -0.15) is 0 Å². The molecule has 1 saturated carbocycles. The molecule has 1 nitrogen and oxygen atoms in total. The van der Waals surface area contributed by atoms with E-state index in [-0.39, 0.29) is 0 Å². The normalized spacial score (nSPS) is 24.9. The van der Waals surface area contributed by atoms with E-state index in [4.69, 9.17) is 11.6 Å². The third-order valence-electron chi connectivity index (χ3n) is 3.57. The average molecular weight is 238 g/mol. The highest BCUT2D eigenvalue weighted by Gasteiger charge is 2.26. The van der Waals surface area contributed by atoms with Gasteiger partial charge in [-0.05, 0) is 43.4 Å². The van der Waals surface area contributed by atoms with E-state index >= 15 is 0 Å². The number of rotatable bonds is 4. The van der Waals surface area contributed by atoms with E-state index in [1.165, 1.54) is 24.8 Å². The Bertz CT molecular complexity index is 337. The topological polar surface area (TPSA) is 12.0 Å². The van der Waals surface area contributed by atoms with Crippen molar-refractivity contribution >= 4 is 11.6 Å². The van der Waals surface area contributed by atoms with E-state index in [0.717, 1.165) is 23.9 Å². The summed E-state index contributed by atoms with van der Waals surface area (Å²) in [5.41, 5.74) is 1.30. The summed E-state index contributed by atoms with van der Waals surface area (Å²) in [4.78, 5) is 0. The third kappa shape index (κ3) is 2.78. The van der Waals surface area contributed by atoms with Gasteiger partial charge in [-0.15, -0.1) is 0 Å². The van der Waals surface area contributed by atoms with Crippen molar-refractivity contribution in [2.75, 3.05) is 6.54 Å². The minimum Gasteiger partial charge on any atom is -0.314 e. The van der Waals surface area contributed by atoms with Crippen LogP contribution < -0.4 is 5.32 Å². The first-order valence-electron chi connectivity index (χ1n) is 6.28. The van der Waals surface area contributed by atoms with Crippen molar-refractivity contribution in [1.82, 2.24) is 5.32 Å². The Balaban J connectivity index is 2.01. The van der Waals surface area contributed by atoms with Gasteiger partial charge < -0.3 is 5.32 Å². The van der Waals surface area contributed by atoms with Crippen LogP contribution in [-0.4, -0.2) is 12.6 Å². The quantitative estimate of drug-likeness (QED) is 0.843. The van der Waals surface area contributed by atoms with Gasteiger partial charge in [0.15, 0.2) is 0 Å². The number of halogens is 1. The molecule has 0 aromatic heterocycles. The lowest BCUT2D eigenvalue weighted by molar-refractivity contribution is 0.406. The SMILES string of the molecule is CCNC1CCCC1Cc1ccccc1Cl. The molecule has 0 saturated heterocycles. The van der Waals surface area contributed by atoms with Gasteiger partial charge in [0.25, 0.3) is 0 Å². The fourth-order valence-electron chi connectivity index (χ4n) is 2.76. The van der Waals surface area contributed by atoms with Gasteiger partial charge in [-0.1, -0.05) is 43.1 Å². The van der Waals surface area contributed by atoms with E-state index < -0.39 is 0 Å². The van der Waals surface area contributed by atoms with Crippen LogP contribution in [0.1, 0.15) is 31.7 Å². The Morgan fingerprint density at radius 2 is 2.12 bits per heavy atom. The minimum atomic E-state index is 0.696. The highest BCUT2D eigenvalue weighted by atomic mass is 35.5. The van der Waals surface area contributed by atoms with Gasteiger partial charge in [0.05, 0.1) is 0 Å². The Morgan fingerprint density at radius 3 is 2.88 bits per heavy atom. The van der Waals surface area contributed by atoms with Crippen molar-refractivity contribution in [2.45, 2.75) is 38.6 Å². The van der Waals surface area contributed by atoms with Gasteiger partial charge in [0.1, 0.15) is 0 Å². The standard InChI is InChI=1S/C14H20ClN/c1-2-16-14-9-5-7-12(14)10-11-6-3-4-8-13(11)15/h3-4,6,8,12,14,16H,2,5,7,9-10H2,1H3. The van der Waals surface area contributed by atoms with Crippen LogP contribution in [0.3, 0.4) is 0 Å². The van der Waals surface area contributed by atoms with E-state index in [1.54, 1.807) is 0 Å². The Labute approximate surface area is 103 Å². The zero-order chi connectivity index (χ0) is 11.4. The molecule has 1 aliphatic carbocycles. The van der Waals surface area contributed by atoms with E-state index in [1.807, 2.05) is 12.1 Å². The lowest BCUT2D eigenvalue weighted by Gasteiger charge is -2.20. The minimum absolute atomic E-state index is 0.696. The molecule has 1 aromatic carbocycles. The van der Waals surface area contributed by atoms with Crippen LogP contribution in [0.25, 0.3) is 0 Å². The second-order valence-corrected chi connectivity index (χ2v) is 5.06. The van der Waals surface area contributed by atoms with Gasteiger partial charge in [0, 0.05) is 11.1 Å². The van der Waals surface area contributed by atoms with E-state index in [9.17, 15) is 0 Å². The molecule has 1 fully saturated rings. The van der Waals surface area contributed by atoms with Crippen molar-refractivity contribution in [3.05, 3.63) is 34.9 Å². The maximum atomic E-state index is 6.21. The molecule has 0 radical (unpaired) electrons. The number of nitrogens with one attached hydrogen (secondary N) is 1. The first-order chi connectivity index (χ1) is 7.81. The van der Waals surface area contributed by atoms with Crippen molar-refractivity contribution in [3.63, 3.8) is 0 Å². The number of benzene rings is 1. The highest BCUT2D eigenvalue weighted by Crippen LogP contribution is 2.30. The highest BCUT2D eigenvalue weighted by molar-refractivity contribution is 6.31. The molecule has 2 rings (SSSR count). The predicted molar refractivity (Wildman–Crippen MR) is 70.0 cm³/mol. The first kappa shape index (κ1) is 11.9. The summed E-state index contributed by atoms with van der Waals surface area (Å²) in [7, 11) is 0. The predicted octanol–water partition coefficient (Wildman–Crippen LogP) is 3.66. The van der Waals surface area contributed by atoms with Gasteiger partial charge in [-0.3, -0.25) is 0 Å². The molecular weight excluding hydrogens is 218 g/mol. The fourth-order valence-corrected chi connectivity index (χ4v) is 2.97. The summed E-state index contributed by atoms with van der Waals surface area (Å²) in [5.74, 6) is 0.764. The molecule has 0 aliphatic heterocycles. The van der Waals surface area contributed by atoms with Gasteiger partial charge in [0.2, 0.25) is 0 Å². The van der Waals surface area contributed by atoms with Crippen LogP contribution in [0, 0.1) is 5.92 Å². The molecule has 2 heteroatoms. The third-order valence-corrected chi connectivity index (χ3v) is 3.93. The summed E-state index contributed by atoms with van der Waals surface area (Å²) in [6.07, 6.45) is 5.13. The molecule has 1 aliphatic rings. The zero-order valence-corrected chi connectivity index (χ0v) is 10.6. The van der Waals surface area contributed by atoms with Crippen LogP contribution in [0.5, 0.6) is 0 Å². The fraction of sp³-hybridized carbons (Fsp3) is 0.571. The van der Waals surface area contributed by atoms with Crippen molar-refractivity contribution in [1.29, 1.82) is 0 Å². The molecule has 1 aromatic rings.